The molecule has 0 unspecified atom stereocenters. The Morgan fingerprint density at radius 1 is 0.973 bits per heavy atom. The predicted molar refractivity (Wildman–Crippen MR) is 136 cm³/mol. The van der Waals surface area contributed by atoms with Crippen LogP contribution in [-0.4, -0.2) is 54.6 Å². The molecule has 0 aliphatic carbocycles. The van der Waals surface area contributed by atoms with Crippen LogP contribution in [0.2, 0.25) is 0 Å². The molecule has 11 heteroatoms. The summed E-state index contributed by atoms with van der Waals surface area (Å²) in [6.07, 6.45) is -5.66. The zero-order valence-electron chi connectivity index (χ0n) is 21.4. The topological polar surface area (TPSA) is 103 Å². The van der Waals surface area contributed by atoms with E-state index in [1.54, 1.807) is 75.4 Å². The Labute approximate surface area is 219 Å². The summed E-state index contributed by atoms with van der Waals surface area (Å²) in [5.41, 5.74) is -2.00. The molecule has 0 aliphatic heterocycles. The number of amides is 2. The molecule has 2 N–H and O–H groups in total. The maximum absolute atomic E-state index is 14.9. The summed E-state index contributed by atoms with van der Waals surface area (Å²) in [6.45, 7) is 6.41. The van der Waals surface area contributed by atoms with Crippen molar-refractivity contribution < 1.29 is 37.4 Å². The van der Waals surface area contributed by atoms with Gasteiger partial charge in [-0.1, -0.05) is 48.0 Å². The van der Waals surface area contributed by atoms with Gasteiger partial charge >= 0.3 is 18.2 Å². The van der Waals surface area contributed by atoms with Crippen molar-refractivity contribution in [2.45, 2.75) is 62.8 Å². The third kappa shape index (κ3) is 9.23. The number of nitrogens with one attached hydrogen (secondary N) is 2. The maximum Gasteiger partial charge on any atom is 0.408 e. The van der Waals surface area contributed by atoms with Crippen molar-refractivity contribution in [3.05, 3.63) is 65.7 Å². The summed E-state index contributed by atoms with van der Waals surface area (Å²) >= 11 is 0.967. The first-order valence-corrected chi connectivity index (χ1v) is 12.4. The Morgan fingerprint density at radius 2 is 1.59 bits per heavy atom. The third-order valence-corrected chi connectivity index (χ3v) is 6.28. The molecule has 2 aromatic rings. The lowest BCUT2D eigenvalue weighted by Gasteiger charge is -2.39. The molecule has 0 fully saturated rings. The van der Waals surface area contributed by atoms with Gasteiger partial charge in [-0.3, -0.25) is 0 Å². The SMILES string of the molecule is COC(=O)[C@@H](NC(=O)OC(C)(C)C)[C@](CSc1ccc(C)cc1)(NC(=O)OCc1ccccc1)C(F)F. The van der Waals surface area contributed by atoms with Crippen LogP contribution in [0.4, 0.5) is 18.4 Å². The number of methoxy groups -OCH3 is 1. The number of carbonyl (C=O) groups is 3. The van der Waals surface area contributed by atoms with Crippen molar-refractivity contribution in [2.75, 3.05) is 12.9 Å². The molecule has 0 bridgehead atoms. The number of hydrogen-bond donors (Lipinski definition) is 2. The number of hydrogen-bond acceptors (Lipinski definition) is 7. The van der Waals surface area contributed by atoms with E-state index < -0.39 is 47.5 Å². The van der Waals surface area contributed by atoms with Crippen LogP contribution >= 0.6 is 11.8 Å². The van der Waals surface area contributed by atoms with Crippen molar-refractivity contribution in [3.63, 3.8) is 0 Å². The van der Waals surface area contributed by atoms with Crippen LogP contribution in [0.5, 0.6) is 0 Å². The van der Waals surface area contributed by atoms with Crippen LogP contribution < -0.4 is 10.6 Å². The number of alkyl carbamates (subject to hydrolysis) is 2. The molecule has 0 aromatic heterocycles. The van der Waals surface area contributed by atoms with E-state index in [2.05, 4.69) is 10.6 Å². The quantitative estimate of drug-likeness (QED) is 0.247. The smallest absolute Gasteiger partial charge is 0.408 e. The van der Waals surface area contributed by atoms with Gasteiger partial charge in [0.15, 0.2) is 6.04 Å². The van der Waals surface area contributed by atoms with Crippen molar-refractivity contribution in [2.24, 2.45) is 0 Å². The molecule has 0 saturated heterocycles. The summed E-state index contributed by atoms with van der Waals surface area (Å²) in [5, 5.41) is 4.33. The molecule has 0 saturated carbocycles. The van der Waals surface area contributed by atoms with E-state index in [1.165, 1.54) is 0 Å². The van der Waals surface area contributed by atoms with Crippen LogP contribution in [0.3, 0.4) is 0 Å². The largest absolute Gasteiger partial charge is 0.467 e. The van der Waals surface area contributed by atoms with Gasteiger partial charge in [-0.2, -0.15) is 0 Å². The summed E-state index contributed by atoms with van der Waals surface area (Å²) in [4.78, 5) is 38.6. The van der Waals surface area contributed by atoms with E-state index in [-0.39, 0.29) is 6.61 Å². The van der Waals surface area contributed by atoms with Gasteiger partial charge in [-0.25, -0.2) is 23.2 Å². The highest BCUT2D eigenvalue weighted by Crippen LogP contribution is 2.31. The van der Waals surface area contributed by atoms with Crippen molar-refractivity contribution >= 4 is 29.9 Å². The predicted octanol–water partition coefficient (Wildman–Crippen LogP) is 5.08. The summed E-state index contributed by atoms with van der Waals surface area (Å²) < 4.78 is 44.9. The number of rotatable bonds is 10. The molecule has 8 nitrogen and oxygen atoms in total. The number of ether oxygens (including phenoxy) is 3. The average Bonchev–Trinajstić information content (AvgIpc) is 2.84. The third-order valence-electron chi connectivity index (χ3n) is 5.05. The van der Waals surface area contributed by atoms with Crippen LogP contribution in [-0.2, 0) is 25.6 Å². The lowest BCUT2D eigenvalue weighted by molar-refractivity contribution is -0.147. The fourth-order valence-corrected chi connectivity index (χ4v) is 4.26. The molecular formula is C26H32F2N2O6S. The lowest BCUT2D eigenvalue weighted by Crippen LogP contribution is -2.70. The second-order valence-corrected chi connectivity index (χ2v) is 10.3. The highest BCUT2D eigenvalue weighted by molar-refractivity contribution is 7.99. The normalized spacial score (nSPS) is 13.7. The van der Waals surface area contributed by atoms with E-state index >= 15 is 0 Å². The Bertz CT molecular complexity index is 1050. The fourth-order valence-electron chi connectivity index (χ4n) is 3.16. The van der Waals surface area contributed by atoms with Crippen LogP contribution in [0.15, 0.2) is 59.5 Å². The van der Waals surface area contributed by atoms with Gasteiger partial charge < -0.3 is 24.8 Å². The zero-order chi connectivity index (χ0) is 27.6. The highest BCUT2D eigenvalue weighted by atomic mass is 32.2. The van der Waals surface area contributed by atoms with E-state index in [4.69, 9.17) is 14.2 Å². The Balaban J connectivity index is 2.40. The molecule has 0 heterocycles. The maximum atomic E-state index is 14.9. The molecule has 202 valence electrons. The van der Waals surface area contributed by atoms with E-state index in [0.717, 1.165) is 24.4 Å². The fraction of sp³-hybridized carbons (Fsp3) is 0.423. The number of thioether (sulfide) groups is 1. The molecule has 2 rings (SSSR count). The Morgan fingerprint density at radius 3 is 2.14 bits per heavy atom. The second kappa shape index (κ2) is 13.3. The molecule has 0 radical (unpaired) electrons. The van der Waals surface area contributed by atoms with Gasteiger partial charge in [-0.05, 0) is 45.4 Å². The summed E-state index contributed by atoms with van der Waals surface area (Å²) in [7, 11) is 0.989. The average molecular weight is 539 g/mol. The molecule has 2 amide bonds. The van der Waals surface area contributed by atoms with E-state index in [9.17, 15) is 23.2 Å². The molecule has 2 aromatic carbocycles. The van der Waals surface area contributed by atoms with Gasteiger partial charge in [0.2, 0.25) is 0 Å². The molecular weight excluding hydrogens is 506 g/mol. The highest BCUT2D eigenvalue weighted by Gasteiger charge is 2.54. The number of aryl methyl sites for hydroxylation is 1. The monoisotopic (exact) mass is 538 g/mol. The molecule has 0 aliphatic rings. The van der Waals surface area contributed by atoms with Gasteiger partial charge in [0.1, 0.15) is 17.7 Å². The van der Waals surface area contributed by atoms with Gasteiger partial charge in [0, 0.05) is 10.6 Å². The lowest BCUT2D eigenvalue weighted by atomic mass is 9.92. The van der Waals surface area contributed by atoms with E-state index in [0.29, 0.717) is 10.5 Å². The Kier molecular flexibility index (Phi) is 10.7. The second-order valence-electron chi connectivity index (χ2n) is 9.23. The zero-order valence-corrected chi connectivity index (χ0v) is 22.2. The number of halogens is 2. The molecule has 37 heavy (non-hydrogen) atoms. The van der Waals surface area contributed by atoms with Crippen LogP contribution in [0.1, 0.15) is 31.9 Å². The minimum absolute atomic E-state index is 0.195. The minimum Gasteiger partial charge on any atom is -0.467 e. The molecule has 0 spiro atoms. The van der Waals surface area contributed by atoms with Crippen LogP contribution in [0, 0.1) is 6.92 Å². The van der Waals surface area contributed by atoms with Gasteiger partial charge in [0.25, 0.3) is 6.43 Å². The first-order valence-electron chi connectivity index (χ1n) is 11.4. The standard InChI is InChI=1S/C26H32F2N2O6S/c1-17-11-13-19(14-12-17)37-16-26(22(27)28,30-24(33)35-15-18-9-7-6-8-10-18)20(21(31)34-5)29-23(32)36-25(2,3)4/h6-14,20,22H,15-16H2,1-5H3,(H,29,32)(H,30,33)/t20-,26+/m1/s1. The minimum atomic E-state index is -3.33. The van der Waals surface area contributed by atoms with Gasteiger partial charge in [0.05, 0.1) is 7.11 Å². The van der Waals surface area contributed by atoms with E-state index in [1.807, 2.05) is 6.92 Å². The number of alkyl halides is 2. The summed E-state index contributed by atoms with van der Waals surface area (Å²) in [5.74, 6) is -1.71. The first kappa shape index (κ1) is 29.9. The van der Waals surface area contributed by atoms with Crippen LogP contribution in [0.25, 0.3) is 0 Å². The number of esters is 1. The van der Waals surface area contributed by atoms with Crippen molar-refractivity contribution in [3.8, 4) is 0 Å². The van der Waals surface area contributed by atoms with Crippen molar-refractivity contribution in [1.82, 2.24) is 10.6 Å². The Hall–Kier alpha value is -3.34. The van der Waals surface area contributed by atoms with Crippen molar-refractivity contribution in [1.29, 1.82) is 0 Å². The number of benzene rings is 2. The van der Waals surface area contributed by atoms with Gasteiger partial charge in [-0.15, -0.1) is 11.8 Å². The summed E-state index contributed by atoms with van der Waals surface area (Å²) in [6, 6.07) is 13.7. The number of carbonyl (C=O) groups excluding carboxylic acids is 3. The first-order chi connectivity index (χ1) is 17.4. The molecule has 2 atom stereocenters.